The number of amides is 2. The molecule has 194 valence electrons. The molecule has 1 atom stereocenters. The topological polar surface area (TPSA) is 76.9 Å². The molecular formula is C30H30N4O4. The average Bonchev–Trinajstić information content (AvgIpc) is 3.64. The van der Waals surface area contributed by atoms with Crippen molar-refractivity contribution in [3.8, 4) is 11.5 Å². The number of imidazole rings is 1. The van der Waals surface area contributed by atoms with Gasteiger partial charge in [0.15, 0.2) is 11.5 Å². The normalized spacial score (nSPS) is 16.6. The molecule has 0 radical (unpaired) electrons. The number of anilines is 1. The molecule has 6 rings (SSSR count). The van der Waals surface area contributed by atoms with E-state index in [0.29, 0.717) is 31.0 Å². The predicted octanol–water partition coefficient (Wildman–Crippen LogP) is 4.72. The molecule has 1 unspecified atom stereocenters. The third-order valence-corrected chi connectivity index (χ3v) is 7.27. The van der Waals surface area contributed by atoms with Gasteiger partial charge in [0, 0.05) is 43.2 Å². The fourth-order valence-electron chi connectivity index (χ4n) is 5.32. The van der Waals surface area contributed by atoms with Crippen LogP contribution in [0.15, 0.2) is 72.8 Å². The minimum Gasteiger partial charge on any atom is -0.454 e. The number of carbonyl (C=O) groups excluding carboxylic acids is 2. The van der Waals surface area contributed by atoms with E-state index in [4.69, 9.17) is 14.5 Å². The van der Waals surface area contributed by atoms with Gasteiger partial charge in [0.05, 0.1) is 11.0 Å². The molecular weight excluding hydrogens is 480 g/mol. The number of rotatable bonds is 7. The molecule has 0 aliphatic carbocycles. The standard InChI is InChI=1S/C30H30N4O4/c1-20(2)32(16-21-8-4-3-5-9-21)29(36)18-34-25-11-7-6-10-24(25)31-30(34)22-14-28(35)33(17-22)23-12-13-26-27(15-23)38-19-37-26/h3-13,15,20,22H,14,16-19H2,1-2H3. The molecule has 1 aromatic heterocycles. The van der Waals surface area contributed by atoms with Crippen molar-refractivity contribution in [3.05, 3.63) is 84.2 Å². The third-order valence-electron chi connectivity index (χ3n) is 7.27. The lowest BCUT2D eigenvalue weighted by Crippen LogP contribution is -2.39. The molecule has 2 aliphatic rings. The maximum atomic E-state index is 13.7. The van der Waals surface area contributed by atoms with Crippen LogP contribution >= 0.6 is 0 Å². The molecule has 1 fully saturated rings. The summed E-state index contributed by atoms with van der Waals surface area (Å²) in [6, 6.07) is 23.5. The van der Waals surface area contributed by atoms with Crippen LogP contribution in [0.2, 0.25) is 0 Å². The highest BCUT2D eigenvalue weighted by atomic mass is 16.7. The van der Waals surface area contributed by atoms with Crippen molar-refractivity contribution in [2.24, 2.45) is 0 Å². The number of aromatic nitrogens is 2. The first-order chi connectivity index (χ1) is 18.5. The average molecular weight is 511 g/mol. The van der Waals surface area contributed by atoms with Gasteiger partial charge >= 0.3 is 0 Å². The Bertz CT molecular complexity index is 1500. The predicted molar refractivity (Wildman–Crippen MR) is 144 cm³/mol. The summed E-state index contributed by atoms with van der Waals surface area (Å²) >= 11 is 0. The molecule has 2 amide bonds. The molecule has 0 N–H and O–H groups in total. The smallest absolute Gasteiger partial charge is 0.243 e. The summed E-state index contributed by atoms with van der Waals surface area (Å²) < 4.78 is 12.9. The van der Waals surface area contributed by atoms with Gasteiger partial charge in [0.2, 0.25) is 18.6 Å². The van der Waals surface area contributed by atoms with Crippen molar-refractivity contribution < 1.29 is 19.1 Å². The fraction of sp³-hybridized carbons (Fsp3) is 0.300. The van der Waals surface area contributed by atoms with Crippen molar-refractivity contribution in [1.29, 1.82) is 0 Å². The maximum Gasteiger partial charge on any atom is 0.243 e. The van der Waals surface area contributed by atoms with Crippen molar-refractivity contribution in [2.45, 2.75) is 45.3 Å². The molecule has 8 nitrogen and oxygen atoms in total. The Balaban J connectivity index is 1.29. The van der Waals surface area contributed by atoms with Crippen LogP contribution in [-0.4, -0.2) is 45.6 Å². The number of ether oxygens (including phenoxy) is 2. The Morgan fingerprint density at radius 3 is 2.61 bits per heavy atom. The van der Waals surface area contributed by atoms with Crippen LogP contribution in [-0.2, 0) is 22.7 Å². The lowest BCUT2D eigenvalue weighted by atomic mass is 10.1. The number of fused-ring (bicyclic) bond motifs is 2. The fourth-order valence-corrected chi connectivity index (χ4v) is 5.32. The minimum absolute atomic E-state index is 0.0187. The number of hydrogen-bond donors (Lipinski definition) is 0. The highest BCUT2D eigenvalue weighted by molar-refractivity contribution is 5.97. The van der Waals surface area contributed by atoms with Gasteiger partial charge in [0.25, 0.3) is 0 Å². The van der Waals surface area contributed by atoms with Gasteiger partial charge in [-0.2, -0.15) is 0 Å². The van der Waals surface area contributed by atoms with Crippen LogP contribution in [0.4, 0.5) is 5.69 Å². The Hall–Kier alpha value is -4.33. The molecule has 0 spiro atoms. The second kappa shape index (κ2) is 9.85. The van der Waals surface area contributed by atoms with E-state index >= 15 is 0 Å². The summed E-state index contributed by atoms with van der Waals surface area (Å²) in [5.74, 6) is 1.98. The van der Waals surface area contributed by atoms with Crippen LogP contribution in [0.25, 0.3) is 11.0 Å². The van der Waals surface area contributed by atoms with E-state index in [0.717, 1.165) is 28.1 Å². The van der Waals surface area contributed by atoms with Crippen LogP contribution < -0.4 is 14.4 Å². The van der Waals surface area contributed by atoms with Gasteiger partial charge in [0.1, 0.15) is 12.4 Å². The van der Waals surface area contributed by atoms with E-state index in [2.05, 4.69) is 0 Å². The van der Waals surface area contributed by atoms with E-state index < -0.39 is 0 Å². The zero-order valence-corrected chi connectivity index (χ0v) is 21.5. The van der Waals surface area contributed by atoms with Gasteiger partial charge in [-0.3, -0.25) is 9.59 Å². The highest BCUT2D eigenvalue weighted by Gasteiger charge is 2.36. The summed E-state index contributed by atoms with van der Waals surface area (Å²) in [6.45, 7) is 5.44. The monoisotopic (exact) mass is 510 g/mol. The zero-order chi connectivity index (χ0) is 26.2. The summed E-state index contributed by atoms with van der Waals surface area (Å²) in [4.78, 5) is 35.4. The van der Waals surface area contributed by atoms with Crippen molar-refractivity contribution in [2.75, 3.05) is 18.2 Å². The third kappa shape index (κ3) is 4.47. The van der Waals surface area contributed by atoms with Gasteiger partial charge < -0.3 is 23.8 Å². The first-order valence-corrected chi connectivity index (χ1v) is 13.0. The Morgan fingerprint density at radius 2 is 1.79 bits per heavy atom. The quantitative estimate of drug-likeness (QED) is 0.360. The number of nitrogens with zero attached hydrogens (tertiary/aromatic N) is 4. The second-order valence-electron chi connectivity index (χ2n) is 10.1. The molecule has 1 saturated heterocycles. The van der Waals surface area contributed by atoms with Gasteiger partial charge in [-0.05, 0) is 43.7 Å². The van der Waals surface area contributed by atoms with Crippen LogP contribution in [0.5, 0.6) is 11.5 Å². The van der Waals surface area contributed by atoms with E-state index in [1.165, 1.54) is 0 Å². The largest absolute Gasteiger partial charge is 0.454 e. The first-order valence-electron chi connectivity index (χ1n) is 13.0. The highest BCUT2D eigenvalue weighted by Crippen LogP contribution is 2.39. The first kappa shape index (κ1) is 24.0. The van der Waals surface area contributed by atoms with Gasteiger partial charge in [-0.1, -0.05) is 42.5 Å². The lowest BCUT2D eigenvalue weighted by molar-refractivity contribution is -0.134. The second-order valence-corrected chi connectivity index (χ2v) is 10.1. The Morgan fingerprint density at radius 1 is 1.03 bits per heavy atom. The molecule has 3 aromatic carbocycles. The maximum absolute atomic E-state index is 13.7. The van der Waals surface area contributed by atoms with E-state index in [-0.39, 0.29) is 37.1 Å². The number of para-hydroxylation sites is 2. The van der Waals surface area contributed by atoms with Crippen molar-refractivity contribution in [3.63, 3.8) is 0 Å². The van der Waals surface area contributed by atoms with Crippen molar-refractivity contribution >= 4 is 28.5 Å². The zero-order valence-electron chi connectivity index (χ0n) is 21.5. The molecule has 0 saturated carbocycles. The molecule has 0 bridgehead atoms. The minimum atomic E-state index is -0.144. The molecule has 38 heavy (non-hydrogen) atoms. The number of carbonyl (C=O) groups is 2. The van der Waals surface area contributed by atoms with Crippen molar-refractivity contribution in [1.82, 2.24) is 14.5 Å². The van der Waals surface area contributed by atoms with Gasteiger partial charge in [-0.25, -0.2) is 4.98 Å². The lowest BCUT2D eigenvalue weighted by Gasteiger charge is -2.28. The van der Waals surface area contributed by atoms with Crippen LogP contribution in [0.1, 0.15) is 37.6 Å². The number of benzene rings is 3. The molecule has 8 heteroatoms. The van der Waals surface area contributed by atoms with Crippen LogP contribution in [0.3, 0.4) is 0 Å². The van der Waals surface area contributed by atoms with E-state index in [9.17, 15) is 9.59 Å². The molecule has 4 aromatic rings. The summed E-state index contributed by atoms with van der Waals surface area (Å²) in [6.07, 6.45) is 0.323. The SMILES string of the molecule is CC(C)N(Cc1ccccc1)C(=O)Cn1c(C2CC(=O)N(c3ccc4c(c3)OCO4)C2)nc2ccccc21. The van der Waals surface area contributed by atoms with E-state index in [1.807, 2.05) is 96.1 Å². The molecule has 2 aliphatic heterocycles. The Labute approximate surface area is 221 Å². The Kier molecular flexibility index (Phi) is 6.23. The summed E-state index contributed by atoms with van der Waals surface area (Å²) in [5.41, 5.74) is 3.58. The summed E-state index contributed by atoms with van der Waals surface area (Å²) in [7, 11) is 0. The number of hydrogen-bond acceptors (Lipinski definition) is 5. The summed E-state index contributed by atoms with van der Waals surface area (Å²) in [5, 5.41) is 0. The molecule has 3 heterocycles. The van der Waals surface area contributed by atoms with Crippen LogP contribution in [0, 0.1) is 0 Å². The van der Waals surface area contributed by atoms with E-state index in [1.54, 1.807) is 4.90 Å². The van der Waals surface area contributed by atoms with Gasteiger partial charge in [-0.15, -0.1) is 0 Å².